The molecule has 5 nitrogen and oxygen atoms in total. The van der Waals surface area contributed by atoms with Gasteiger partial charge in [-0.25, -0.2) is 9.97 Å². The number of nitrogen functional groups attached to an aromatic ring is 1. The molecule has 3 N–H and O–H groups in total. The number of benzene rings is 1. The number of nitrogens with one attached hydrogen (secondary N) is 1. The summed E-state index contributed by atoms with van der Waals surface area (Å²) in [5.41, 5.74) is 7.39. The minimum Gasteiger partial charge on any atom is -0.399 e. The van der Waals surface area contributed by atoms with E-state index in [-0.39, 0.29) is 0 Å². The lowest BCUT2D eigenvalue weighted by Crippen LogP contribution is -2.26. The lowest BCUT2D eigenvalue weighted by atomic mass is 10.2. The standard InChI is InChI=1S/C14H19N5/c15-11-3-4-12-13(9-11)17-10-18-14(12)16-5-8-19-6-1-2-7-19/h3-4,9-10H,1-2,5-8,15H2,(H,16,17,18). The van der Waals surface area contributed by atoms with E-state index in [9.17, 15) is 0 Å². The third kappa shape index (κ3) is 2.76. The molecule has 1 aromatic carbocycles. The van der Waals surface area contributed by atoms with E-state index >= 15 is 0 Å². The van der Waals surface area contributed by atoms with Crippen LogP contribution in [-0.2, 0) is 0 Å². The number of anilines is 2. The average Bonchev–Trinajstić information content (AvgIpc) is 2.92. The van der Waals surface area contributed by atoms with Crippen LogP contribution in [-0.4, -0.2) is 41.0 Å². The molecule has 1 aliphatic heterocycles. The van der Waals surface area contributed by atoms with Crippen molar-refractivity contribution >= 4 is 22.4 Å². The van der Waals surface area contributed by atoms with Crippen molar-refractivity contribution in [2.24, 2.45) is 0 Å². The van der Waals surface area contributed by atoms with E-state index in [2.05, 4.69) is 20.2 Å². The van der Waals surface area contributed by atoms with Crippen LogP contribution in [0.25, 0.3) is 10.9 Å². The van der Waals surface area contributed by atoms with Crippen molar-refractivity contribution in [2.75, 3.05) is 37.2 Å². The molecule has 1 saturated heterocycles. The molecule has 0 atom stereocenters. The Hall–Kier alpha value is -1.88. The van der Waals surface area contributed by atoms with E-state index < -0.39 is 0 Å². The van der Waals surface area contributed by atoms with Gasteiger partial charge >= 0.3 is 0 Å². The molecule has 0 saturated carbocycles. The van der Waals surface area contributed by atoms with Gasteiger partial charge in [0.15, 0.2) is 0 Å². The average molecular weight is 257 g/mol. The summed E-state index contributed by atoms with van der Waals surface area (Å²) in [6.45, 7) is 4.43. The number of nitrogens with two attached hydrogens (primary N) is 1. The van der Waals surface area contributed by atoms with E-state index in [0.717, 1.165) is 35.5 Å². The Labute approximate surface area is 112 Å². The first-order valence-electron chi connectivity index (χ1n) is 6.79. The summed E-state index contributed by atoms with van der Waals surface area (Å²) in [6, 6.07) is 5.74. The van der Waals surface area contributed by atoms with Crippen molar-refractivity contribution in [1.82, 2.24) is 14.9 Å². The number of aromatic nitrogens is 2. The van der Waals surface area contributed by atoms with Gasteiger partial charge in [-0.2, -0.15) is 0 Å². The second-order valence-corrected chi connectivity index (χ2v) is 4.97. The van der Waals surface area contributed by atoms with E-state index in [4.69, 9.17) is 5.73 Å². The predicted octanol–water partition coefficient (Wildman–Crippen LogP) is 1.72. The Morgan fingerprint density at radius 2 is 2.05 bits per heavy atom. The fourth-order valence-corrected chi connectivity index (χ4v) is 2.55. The lowest BCUT2D eigenvalue weighted by molar-refractivity contribution is 0.352. The fourth-order valence-electron chi connectivity index (χ4n) is 2.55. The van der Waals surface area contributed by atoms with Crippen molar-refractivity contribution in [2.45, 2.75) is 12.8 Å². The van der Waals surface area contributed by atoms with Gasteiger partial charge in [-0.1, -0.05) is 0 Å². The first kappa shape index (κ1) is 12.2. The summed E-state index contributed by atoms with van der Waals surface area (Å²) in [5, 5.41) is 4.43. The van der Waals surface area contributed by atoms with Crippen molar-refractivity contribution in [3.8, 4) is 0 Å². The quantitative estimate of drug-likeness (QED) is 0.816. The molecule has 0 radical (unpaired) electrons. The molecule has 100 valence electrons. The number of nitrogens with zero attached hydrogens (tertiary/aromatic N) is 3. The highest BCUT2D eigenvalue weighted by atomic mass is 15.2. The van der Waals surface area contributed by atoms with E-state index in [0.29, 0.717) is 0 Å². The molecule has 2 aromatic rings. The molecule has 2 heterocycles. The number of likely N-dealkylation sites (tertiary alicyclic amines) is 1. The fraction of sp³-hybridized carbons (Fsp3) is 0.429. The zero-order valence-corrected chi connectivity index (χ0v) is 11.0. The summed E-state index contributed by atoms with van der Waals surface area (Å²) in [7, 11) is 0. The third-order valence-corrected chi connectivity index (χ3v) is 3.58. The summed E-state index contributed by atoms with van der Waals surface area (Å²) in [4.78, 5) is 11.0. The largest absolute Gasteiger partial charge is 0.399 e. The molecule has 0 amide bonds. The minimum absolute atomic E-state index is 0.731. The van der Waals surface area contributed by atoms with Crippen LogP contribution in [0.1, 0.15) is 12.8 Å². The highest BCUT2D eigenvalue weighted by Crippen LogP contribution is 2.21. The number of hydrogen-bond acceptors (Lipinski definition) is 5. The Balaban J connectivity index is 1.70. The van der Waals surface area contributed by atoms with Gasteiger partial charge in [0.1, 0.15) is 12.1 Å². The van der Waals surface area contributed by atoms with Crippen molar-refractivity contribution in [3.63, 3.8) is 0 Å². The maximum Gasteiger partial charge on any atom is 0.137 e. The van der Waals surface area contributed by atoms with Crippen molar-refractivity contribution < 1.29 is 0 Å². The van der Waals surface area contributed by atoms with Gasteiger partial charge in [0, 0.05) is 24.2 Å². The number of fused-ring (bicyclic) bond motifs is 1. The van der Waals surface area contributed by atoms with Crippen LogP contribution in [0.3, 0.4) is 0 Å². The minimum atomic E-state index is 0.731. The normalized spacial score (nSPS) is 16.0. The van der Waals surface area contributed by atoms with Crippen molar-refractivity contribution in [3.05, 3.63) is 24.5 Å². The summed E-state index contributed by atoms with van der Waals surface area (Å²) < 4.78 is 0. The van der Waals surface area contributed by atoms with E-state index in [1.54, 1.807) is 6.33 Å². The zero-order valence-electron chi connectivity index (χ0n) is 11.0. The van der Waals surface area contributed by atoms with E-state index in [1.165, 1.54) is 25.9 Å². The molecular weight excluding hydrogens is 238 g/mol. The van der Waals surface area contributed by atoms with Crippen LogP contribution in [0.2, 0.25) is 0 Å². The predicted molar refractivity (Wildman–Crippen MR) is 78.1 cm³/mol. The van der Waals surface area contributed by atoms with Crippen molar-refractivity contribution in [1.29, 1.82) is 0 Å². The third-order valence-electron chi connectivity index (χ3n) is 3.58. The Morgan fingerprint density at radius 1 is 1.21 bits per heavy atom. The van der Waals surface area contributed by atoms with Crippen LogP contribution in [0, 0.1) is 0 Å². The molecule has 5 heteroatoms. The maximum absolute atomic E-state index is 5.77. The molecule has 1 aliphatic rings. The lowest BCUT2D eigenvalue weighted by Gasteiger charge is -2.15. The van der Waals surface area contributed by atoms with Gasteiger partial charge in [-0.3, -0.25) is 0 Å². The molecule has 3 rings (SSSR count). The van der Waals surface area contributed by atoms with Crippen LogP contribution < -0.4 is 11.1 Å². The molecule has 0 unspecified atom stereocenters. The second-order valence-electron chi connectivity index (χ2n) is 4.97. The smallest absolute Gasteiger partial charge is 0.137 e. The highest BCUT2D eigenvalue weighted by molar-refractivity contribution is 5.90. The molecule has 1 aromatic heterocycles. The molecule has 1 fully saturated rings. The van der Waals surface area contributed by atoms with Gasteiger partial charge in [0.2, 0.25) is 0 Å². The Kier molecular flexibility index (Phi) is 3.46. The van der Waals surface area contributed by atoms with Crippen LogP contribution in [0.15, 0.2) is 24.5 Å². The zero-order chi connectivity index (χ0) is 13.1. The maximum atomic E-state index is 5.77. The van der Waals surface area contributed by atoms with Gasteiger partial charge < -0.3 is 16.0 Å². The highest BCUT2D eigenvalue weighted by Gasteiger charge is 2.10. The topological polar surface area (TPSA) is 67.1 Å². The van der Waals surface area contributed by atoms with Crippen LogP contribution in [0.5, 0.6) is 0 Å². The first-order chi connectivity index (χ1) is 9.33. The molecular formula is C14H19N5. The molecule has 0 spiro atoms. The van der Waals surface area contributed by atoms with Gasteiger partial charge in [-0.15, -0.1) is 0 Å². The first-order valence-corrected chi connectivity index (χ1v) is 6.79. The van der Waals surface area contributed by atoms with Crippen LogP contribution in [0.4, 0.5) is 11.5 Å². The molecule has 0 aliphatic carbocycles. The number of hydrogen-bond donors (Lipinski definition) is 2. The van der Waals surface area contributed by atoms with Gasteiger partial charge in [0.25, 0.3) is 0 Å². The summed E-state index contributed by atoms with van der Waals surface area (Å²) >= 11 is 0. The van der Waals surface area contributed by atoms with Gasteiger partial charge in [0.05, 0.1) is 5.52 Å². The van der Waals surface area contributed by atoms with E-state index in [1.807, 2.05) is 18.2 Å². The van der Waals surface area contributed by atoms with Gasteiger partial charge in [-0.05, 0) is 44.1 Å². The van der Waals surface area contributed by atoms with Crippen LogP contribution >= 0.6 is 0 Å². The molecule has 19 heavy (non-hydrogen) atoms. The monoisotopic (exact) mass is 257 g/mol. The molecule has 0 bridgehead atoms. The summed E-state index contributed by atoms with van der Waals surface area (Å²) in [5.74, 6) is 0.893. The summed E-state index contributed by atoms with van der Waals surface area (Å²) in [6.07, 6.45) is 4.24. The Bertz CT molecular complexity index is 563. The Morgan fingerprint density at radius 3 is 2.89 bits per heavy atom. The second kappa shape index (κ2) is 5.40. The SMILES string of the molecule is Nc1ccc2c(NCCN3CCCC3)ncnc2c1. The number of rotatable bonds is 4.